The lowest BCUT2D eigenvalue weighted by Crippen LogP contribution is -2.45. The first kappa shape index (κ1) is 21.9. The number of carbonyl (C=O) groups is 3. The molecule has 0 spiro atoms. The summed E-state index contributed by atoms with van der Waals surface area (Å²) in [5, 5.41) is 16.4. The number of urea groups is 1. The van der Waals surface area contributed by atoms with Crippen molar-refractivity contribution in [2.24, 2.45) is 0 Å². The van der Waals surface area contributed by atoms with Gasteiger partial charge in [-0.3, -0.25) is 20.2 Å². The zero-order valence-electron chi connectivity index (χ0n) is 14.0. The molecule has 24 heavy (non-hydrogen) atoms. The molecule has 0 saturated carbocycles. The summed E-state index contributed by atoms with van der Waals surface area (Å²) < 4.78 is 0. The maximum Gasteiger partial charge on any atom is 0.325 e. The minimum Gasteiger partial charge on any atom is -0.480 e. The lowest BCUT2D eigenvalue weighted by Gasteiger charge is -2.14. The molecule has 8 heteroatoms. The number of halogens is 1. The Morgan fingerprint density at radius 3 is 2.46 bits per heavy atom. The topological polar surface area (TPSA) is 108 Å². The number of aryl methyl sites for hydroxylation is 1. The summed E-state index contributed by atoms with van der Waals surface area (Å²) in [6.07, 6.45) is 1.09. The highest BCUT2D eigenvalue weighted by molar-refractivity contribution is 6.02. The third-order valence-electron chi connectivity index (χ3n) is 3.49. The smallest absolute Gasteiger partial charge is 0.325 e. The van der Waals surface area contributed by atoms with Crippen molar-refractivity contribution in [3.8, 4) is 0 Å². The number of hydrogen-bond donors (Lipinski definition) is 4. The molecular weight excluding hydrogens is 334 g/mol. The lowest BCUT2D eigenvalue weighted by molar-refractivity contribution is -0.139. The van der Waals surface area contributed by atoms with Crippen LogP contribution in [-0.2, 0) is 9.59 Å². The Bertz CT molecular complexity index is 593. The Morgan fingerprint density at radius 2 is 1.88 bits per heavy atom. The van der Waals surface area contributed by atoms with Crippen LogP contribution in [0.5, 0.6) is 0 Å². The molecule has 1 rings (SSSR count). The zero-order valence-corrected chi connectivity index (χ0v) is 14.8. The van der Waals surface area contributed by atoms with Gasteiger partial charge in [-0.25, -0.2) is 4.79 Å². The number of nitrogens with one attached hydrogen (secondary N) is 3. The minimum atomic E-state index is -1.01. The van der Waals surface area contributed by atoms with Gasteiger partial charge in [0.25, 0.3) is 0 Å². The highest BCUT2D eigenvalue weighted by atomic mass is 35.5. The summed E-state index contributed by atoms with van der Waals surface area (Å²) >= 11 is 0. The van der Waals surface area contributed by atoms with Gasteiger partial charge in [0.15, 0.2) is 0 Å². The summed E-state index contributed by atoms with van der Waals surface area (Å²) in [5.41, 5.74) is 2.57. The van der Waals surface area contributed by atoms with Crippen LogP contribution in [0.4, 0.5) is 10.5 Å². The molecule has 0 bridgehead atoms. The fourth-order valence-corrected chi connectivity index (χ4v) is 2.03. The molecular formula is C16H24ClN3O4. The van der Waals surface area contributed by atoms with Crippen LogP contribution in [0.3, 0.4) is 0 Å². The van der Waals surface area contributed by atoms with Crippen LogP contribution in [0.2, 0.25) is 0 Å². The van der Waals surface area contributed by atoms with E-state index in [1.807, 2.05) is 32.9 Å². The summed E-state index contributed by atoms with van der Waals surface area (Å²) in [4.78, 5) is 34.5. The van der Waals surface area contributed by atoms with Gasteiger partial charge < -0.3 is 10.4 Å². The number of imide groups is 1. The van der Waals surface area contributed by atoms with Crippen molar-refractivity contribution in [3.05, 3.63) is 29.3 Å². The number of carboxylic acid groups (broad SMARTS) is 1. The molecule has 134 valence electrons. The van der Waals surface area contributed by atoms with E-state index in [0.717, 1.165) is 11.1 Å². The average molecular weight is 358 g/mol. The molecule has 1 aromatic carbocycles. The van der Waals surface area contributed by atoms with Crippen LogP contribution in [0.15, 0.2) is 18.2 Å². The largest absolute Gasteiger partial charge is 0.480 e. The Balaban J connectivity index is 0.00000529. The molecule has 0 aliphatic rings. The van der Waals surface area contributed by atoms with Crippen LogP contribution in [0.1, 0.15) is 30.9 Å². The second-order valence-corrected chi connectivity index (χ2v) is 5.31. The maximum absolute atomic E-state index is 11.8. The van der Waals surface area contributed by atoms with Crippen molar-refractivity contribution in [1.82, 2.24) is 10.6 Å². The quantitative estimate of drug-likeness (QED) is 0.598. The number of carbonyl (C=O) groups excluding carboxylic acids is 2. The minimum absolute atomic E-state index is 0. The first-order chi connectivity index (χ1) is 10.8. The van der Waals surface area contributed by atoms with E-state index in [1.165, 1.54) is 0 Å². The first-order valence-electron chi connectivity index (χ1n) is 7.48. The number of rotatable bonds is 7. The maximum atomic E-state index is 11.8. The molecule has 1 aromatic rings. The molecule has 3 amide bonds. The summed E-state index contributed by atoms with van der Waals surface area (Å²) in [7, 11) is 0. The van der Waals surface area contributed by atoms with Gasteiger partial charge >= 0.3 is 12.0 Å². The SMILES string of the molecule is CCCC(NCC(=O)NC(=O)Nc1cccc(C)c1C)C(=O)O.Cl. The normalized spacial score (nSPS) is 11.1. The van der Waals surface area contributed by atoms with Gasteiger partial charge in [0.05, 0.1) is 6.54 Å². The van der Waals surface area contributed by atoms with E-state index < -0.39 is 23.9 Å². The van der Waals surface area contributed by atoms with Crippen molar-refractivity contribution in [2.45, 2.75) is 39.7 Å². The lowest BCUT2D eigenvalue weighted by atomic mass is 10.1. The van der Waals surface area contributed by atoms with E-state index in [1.54, 1.807) is 6.07 Å². The van der Waals surface area contributed by atoms with Gasteiger partial charge in [0, 0.05) is 5.69 Å². The molecule has 1 unspecified atom stereocenters. The Labute approximate surface area is 147 Å². The van der Waals surface area contributed by atoms with Gasteiger partial charge in [0.1, 0.15) is 6.04 Å². The fraction of sp³-hybridized carbons (Fsp3) is 0.438. The third kappa shape index (κ3) is 6.97. The highest BCUT2D eigenvalue weighted by Crippen LogP contribution is 2.17. The number of carboxylic acids is 1. The molecule has 0 aliphatic heterocycles. The van der Waals surface area contributed by atoms with Crippen molar-refractivity contribution in [1.29, 1.82) is 0 Å². The van der Waals surface area contributed by atoms with Crippen LogP contribution >= 0.6 is 12.4 Å². The first-order valence-corrected chi connectivity index (χ1v) is 7.48. The van der Waals surface area contributed by atoms with Crippen LogP contribution in [0, 0.1) is 13.8 Å². The summed E-state index contributed by atoms with van der Waals surface area (Å²) in [6.45, 7) is 5.41. The number of hydrogen-bond acceptors (Lipinski definition) is 4. The van der Waals surface area contributed by atoms with E-state index >= 15 is 0 Å². The second-order valence-electron chi connectivity index (χ2n) is 5.31. The number of amides is 3. The van der Waals surface area contributed by atoms with E-state index in [-0.39, 0.29) is 19.0 Å². The molecule has 0 aromatic heterocycles. The van der Waals surface area contributed by atoms with Crippen molar-refractivity contribution >= 4 is 36.0 Å². The molecule has 1 atom stereocenters. The number of aliphatic carboxylic acids is 1. The Hall–Kier alpha value is -2.12. The van der Waals surface area contributed by atoms with Crippen LogP contribution in [0.25, 0.3) is 0 Å². The summed E-state index contributed by atoms with van der Waals surface area (Å²) in [6, 6.07) is 4.03. The van der Waals surface area contributed by atoms with Crippen molar-refractivity contribution < 1.29 is 19.5 Å². The molecule has 7 nitrogen and oxygen atoms in total. The fourth-order valence-electron chi connectivity index (χ4n) is 2.03. The van der Waals surface area contributed by atoms with E-state index in [4.69, 9.17) is 5.11 Å². The van der Waals surface area contributed by atoms with Gasteiger partial charge in [-0.1, -0.05) is 25.5 Å². The molecule has 0 radical (unpaired) electrons. The molecule has 0 aliphatic carbocycles. The predicted octanol–water partition coefficient (Wildman–Crippen LogP) is 2.22. The van der Waals surface area contributed by atoms with Gasteiger partial charge in [-0.2, -0.15) is 0 Å². The monoisotopic (exact) mass is 357 g/mol. The van der Waals surface area contributed by atoms with Crippen LogP contribution in [-0.4, -0.2) is 35.6 Å². The van der Waals surface area contributed by atoms with Crippen LogP contribution < -0.4 is 16.0 Å². The van der Waals surface area contributed by atoms with Gasteiger partial charge in [0.2, 0.25) is 5.91 Å². The van der Waals surface area contributed by atoms with E-state index in [0.29, 0.717) is 18.5 Å². The predicted molar refractivity (Wildman–Crippen MR) is 94.7 cm³/mol. The zero-order chi connectivity index (χ0) is 17.4. The number of benzene rings is 1. The third-order valence-corrected chi connectivity index (χ3v) is 3.49. The van der Waals surface area contributed by atoms with Gasteiger partial charge in [-0.05, 0) is 37.5 Å². The molecule has 4 N–H and O–H groups in total. The van der Waals surface area contributed by atoms with Crippen molar-refractivity contribution in [3.63, 3.8) is 0 Å². The molecule has 0 saturated heterocycles. The highest BCUT2D eigenvalue weighted by Gasteiger charge is 2.17. The van der Waals surface area contributed by atoms with E-state index in [9.17, 15) is 14.4 Å². The average Bonchev–Trinajstić information content (AvgIpc) is 2.47. The number of anilines is 1. The van der Waals surface area contributed by atoms with E-state index in [2.05, 4.69) is 16.0 Å². The van der Waals surface area contributed by atoms with Crippen molar-refractivity contribution in [2.75, 3.05) is 11.9 Å². The Morgan fingerprint density at radius 1 is 1.21 bits per heavy atom. The standard InChI is InChI=1S/C16H23N3O4.ClH/c1-4-6-13(15(21)22)17-9-14(20)19-16(23)18-12-8-5-7-10(2)11(12)3;/h5,7-8,13,17H,4,6,9H2,1-3H3,(H,21,22)(H2,18,19,20,23);1H. The second kappa shape index (κ2) is 10.6. The van der Waals surface area contributed by atoms with Gasteiger partial charge in [-0.15, -0.1) is 12.4 Å². The Kier molecular flexibility index (Phi) is 9.68. The molecule has 0 fully saturated rings. The molecule has 0 heterocycles. The summed E-state index contributed by atoms with van der Waals surface area (Å²) in [5.74, 6) is -1.60.